The number of carbonyl (C=O) groups excluding carboxylic acids is 1. The van der Waals surface area contributed by atoms with Crippen LogP contribution < -0.4 is 9.47 Å². The summed E-state index contributed by atoms with van der Waals surface area (Å²) in [6.45, 7) is 5.62. The minimum absolute atomic E-state index is 0.00718. The van der Waals surface area contributed by atoms with Crippen molar-refractivity contribution < 1.29 is 19.4 Å². The standard InChI is InChI=1S/C23H28O4/c1-16(8-7-11-17-9-5-4-6-10-17)26-19-12-18(15-24)22-20(25)14-23(2,3)27-21(22)13-19/h4-6,9-10,12-13,16,24H,7-8,11,14-15H2,1-3H3. The first-order valence-corrected chi connectivity index (χ1v) is 9.58. The SMILES string of the molecule is CC(CCCc1ccccc1)Oc1cc(CO)c2c(c1)OC(C)(C)CC2=O. The van der Waals surface area contributed by atoms with Crippen molar-refractivity contribution in [2.24, 2.45) is 0 Å². The summed E-state index contributed by atoms with van der Waals surface area (Å²) in [7, 11) is 0. The molecule has 0 bridgehead atoms. The summed E-state index contributed by atoms with van der Waals surface area (Å²) in [4.78, 5) is 12.5. The average molecular weight is 368 g/mol. The van der Waals surface area contributed by atoms with Crippen molar-refractivity contribution in [2.75, 3.05) is 0 Å². The molecule has 0 spiro atoms. The number of aryl methyl sites for hydroxylation is 1. The van der Waals surface area contributed by atoms with E-state index in [0.29, 0.717) is 29.0 Å². The summed E-state index contributed by atoms with van der Waals surface area (Å²) in [5.74, 6) is 1.15. The van der Waals surface area contributed by atoms with Gasteiger partial charge in [-0.25, -0.2) is 0 Å². The van der Waals surface area contributed by atoms with Gasteiger partial charge >= 0.3 is 0 Å². The van der Waals surface area contributed by atoms with Crippen LogP contribution in [0.15, 0.2) is 42.5 Å². The molecule has 0 amide bonds. The Morgan fingerprint density at radius 2 is 1.96 bits per heavy atom. The van der Waals surface area contributed by atoms with Crippen molar-refractivity contribution in [2.45, 2.75) is 64.8 Å². The lowest BCUT2D eigenvalue weighted by atomic mass is 9.90. The molecule has 0 aromatic heterocycles. The van der Waals surface area contributed by atoms with E-state index in [-0.39, 0.29) is 18.5 Å². The molecule has 144 valence electrons. The van der Waals surface area contributed by atoms with Gasteiger partial charge in [0.1, 0.15) is 17.1 Å². The number of ketones is 1. The fourth-order valence-electron chi connectivity index (χ4n) is 3.57. The Bertz CT molecular complexity index is 796. The number of rotatable bonds is 7. The van der Waals surface area contributed by atoms with Gasteiger partial charge in [-0.05, 0) is 57.2 Å². The van der Waals surface area contributed by atoms with Gasteiger partial charge in [-0.3, -0.25) is 4.79 Å². The Balaban J connectivity index is 1.67. The highest BCUT2D eigenvalue weighted by Crippen LogP contribution is 2.38. The molecular weight excluding hydrogens is 340 g/mol. The Morgan fingerprint density at radius 1 is 1.22 bits per heavy atom. The second kappa shape index (κ2) is 8.13. The predicted octanol–water partition coefficient (Wildman–Crippen LogP) is 4.71. The molecule has 2 aromatic rings. The number of ether oxygens (including phenoxy) is 2. The molecule has 1 unspecified atom stereocenters. The second-order valence-electron chi connectivity index (χ2n) is 7.88. The Kier molecular flexibility index (Phi) is 5.85. The van der Waals surface area contributed by atoms with Crippen molar-refractivity contribution >= 4 is 5.78 Å². The molecule has 0 radical (unpaired) electrons. The number of hydrogen-bond acceptors (Lipinski definition) is 4. The first kappa shape index (κ1) is 19.4. The van der Waals surface area contributed by atoms with E-state index in [4.69, 9.17) is 9.47 Å². The van der Waals surface area contributed by atoms with E-state index in [2.05, 4.69) is 24.3 Å². The van der Waals surface area contributed by atoms with Gasteiger partial charge in [-0.15, -0.1) is 0 Å². The summed E-state index contributed by atoms with van der Waals surface area (Å²) >= 11 is 0. The molecule has 1 atom stereocenters. The molecule has 1 aliphatic heterocycles. The molecule has 2 aromatic carbocycles. The van der Waals surface area contributed by atoms with Crippen LogP contribution in [0.4, 0.5) is 0 Å². The smallest absolute Gasteiger partial charge is 0.170 e. The van der Waals surface area contributed by atoms with Crippen LogP contribution in [0.1, 0.15) is 61.5 Å². The molecule has 0 saturated heterocycles. The summed E-state index contributed by atoms with van der Waals surface area (Å²) in [6.07, 6.45) is 3.32. The highest BCUT2D eigenvalue weighted by Gasteiger charge is 2.34. The average Bonchev–Trinajstić information content (AvgIpc) is 2.60. The van der Waals surface area contributed by atoms with Crippen molar-refractivity contribution in [3.8, 4) is 11.5 Å². The molecular formula is C23H28O4. The van der Waals surface area contributed by atoms with Crippen LogP contribution in [-0.4, -0.2) is 22.6 Å². The van der Waals surface area contributed by atoms with Crippen LogP contribution >= 0.6 is 0 Å². The van der Waals surface area contributed by atoms with Crippen LogP contribution in [0, 0.1) is 0 Å². The predicted molar refractivity (Wildman–Crippen MR) is 105 cm³/mol. The Labute approximate surface area is 161 Å². The number of fused-ring (bicyclic) bond motifs is 1. The maximum atomic E-state index is 12.5. The largest absolute Gasteiger partial charge is 0.491 e. The van der Waals surface area contributed by atoms with Crippen molar-refractivity contribution in [1.82, 2.24) is 0 Å². The highest BCUT2D eigenvalue weighted by atomic mass is 16.5. The van der Waals surface area contributed by atoms with Crippen LogP contribution in [0.25, 0.3) is 0 Å². The van der Waals surface area contributed by atoms with E-state index in [1.54, 1.807) is 12.1 Å². The third kappa shape index (κ3) is 4.89. The zero-order valence-corrected chi connectivity index (χ0v) is 16.3. The number of aliphatic hydroxyl groups excluding tert-OH is 1. The van der Waals surface area contributed by atoms with E-state index in [1.807, 2.05) is 26.8 Å². The molecule has 0 aliphatic carbocycles. The van der Waals surface area contributed by atoms with Gasteiger partial charge in [0.15, 0.2) is 5.78 Å². The summed E-state index contributed by atoms with van der Waals surface area (Å²) in [6, 6.07) is 14.0. The number of benzene rings is 2. The van der Waals surface area contributed by atoms with Crippen LogP contribution in [0.2, 0.25) is 0 Å². The van der Waals surface area contributed by atoms with E-state index >= 15 is 0 Å². The van der Waals surface area contributed by atoms with Crippen molar-refractivity contribution in [3.63, 3.8) is 0 Å². The maximum absolute atomic E-state index is 12.5. The van der Waals surface area contributed by atoms with E-state index in [9.17, 15) is 9.90 Å². The fraction of sp³-hybridized carbons (Fsp3) is 0.435. The molecule has 3 rings (SSSR count). The number of hydrogen-bond donors (Lipinski definition) is 1. The number of aliphatic hydroxyl groups is 1. The molecule has 4 heteroatoms. The molecule has 0 saturated carbocycles. The van der Waals surface area contributed by atoms with Gasteiger partial charge in [0, 0.05) is 6.07 Å². The first-order valence-electron chi connectivity index (χ1n) is 9.58. The maximum Gasteiger partial charge on any atom is 0.170 e. The summed E-state index contributed by atoms with van der Waals surface area (Å²) < 4.78 is 12.0. The lowest BCUT2D eigenvalue weighted by molar-refractivity contribution is 0.0611. The van der Waals surface area contributed by atoms with Gasteiger partial charge in [0.05, 0.1) is 24.7 Å². The summed E-state index contributed by atoms with van der Waals surface area (Å²) in [5, 5.41) is 9.70. The van der Waals surface area contributed by atoms with Gasteiger partial charge in [0.2, 0.25) is 0 Å². The molecule has 1 heterocycles. The normalized spacial score (nSPS) is 16.4. The van der Waals surface area contributed by atoms with Crippen LogP contribution in [0.5, 0.6) is 11.5 Å². The number of Topliss-reactive ketones (excluding diaryl/α,β-unsaturated/α-hetero) is 1. The zero-order valence-electron chi connectivity index (χ0n) is 16.3. The van der Waals surface area contributed by atoms with E-state index < -0.39 is 5.60 Å². The second-order valence-corrected chi connectivity index (χ2v) is 7.88. The van der Waals surface area contributed by atoms with Gasteiger partial charge in [-0.2, -0.15) is 0 Å². The minimum Gasteiger partial charge on any atom is -0.491 e. The Hall–Kier alpha value is -2.33. The molecule has 0 fully saturated rings. The quantitative estimate of drug-likeness (QED) is 0.769. The topological polar surface area (TPSA) is 55.8 Å². The summed E-state index contributed by atoms with van der Waals surface area (Å²) in [5.41, 5.74) is 1.84. The zero-order chi connectivity index (χ0) is 19.4. The monoisotopic (exact) mass is 368 g/mol. The first-order chi connectivity index (χ1) is 12.9. The lowest BCUT2D eigenvalue weighted by Gasteiger charge is -2.33. The molecule has 1 N–H and O–H groups in total. The van der Waals surface area contributed by atoms with E-state index in [1.165, 1.54) is 5.56 Å². The molecule has 27 heavy (non-hydrogen) atoms. The van der Waals surface area contributed by atoms with Gasteiger partial charge < -0.3 is 14.6 Å². The van der Waals surface area contributed by atoms with Gasteiger partial charge in [-0.1, -0.05) is 30.3 Å². The minimum atomic E-state index is -0.545. The van der Waals surface area contributed by atoms with Gasteiger partial charge in [0.25, 0.3) is 0 Å². The third-order valence-corrected chi connectivity index (χ3v) is 4.84. The molecule has 4 nitrogen and oxygen atoms in total. The van der Waals surface area contributed by atoms with Crippen molar-refractivity contribution in [3.05, 3.63) is 59.2 Å². The van der Waals surface area contributed by atoms with Crippen molar-refractivity contribution in [1.29, 1.82) is 0 Å². The third-order valence-electron chi connectivity index (χ3n) is 4.84. The fourth-order valence-corrected chi connectivity index (χ4v) is 3.57. The lowest BCUT2D eigenvalue weighted by Crippen LogP contribution is -2.36. The molecule has 1 aliphatic rings. The van der Waals surface area contributed by atoms with E-state index in [0.717, 1.165) is 19.3 Å². The van der Waals surface area contributed by atoms with Crippen LogP contribution in [0.3, 0.4) is 0 Å². The Morgan fingerprint density at radius 3 is 2.67 bits per heavy atom. The number of carbonyl (C=O) groups is 1. The highest BCUT2D eigenvalue weighted by molar-refractivity contribution is 6.01. The van der Waals surface area contributed by atoms with Crippen LogP contribution in [-0.2, 0) is 13.0 Å².